The van der Waals surface area contributed by atoms with E-state index in [2.05, 4.69) is 14.9 Å². The van der Waals surface area contributed by atoms with Crippen molar-refractivity contribution >= 4 is 17.7 Å². The maximum atomic E-state index is 12.4. The van der Waals surface area contributed by atoms with Gasteiger partial charge in [0.15, 0.2) is 5.82 Å². The van der Waals surface area contributed by atoms with E-state index in [-0.39, 0.29) is 22.3 Å². The van der Waals surface area contributed by atoms with Crippen LogP contribution in [0.4, 0.5) is 8.78 Å². The average molecular weight is 330 g/mol. The quantitative estimate of drug-likeness (QED) is 0.787. The van der Waals surface area contributed by atoms with Crippen LogP contribution in [0.1, 0.15) is 11.3 Å². The molecule has 0 unspecified atom stereocenters. The predicted octanol–water partition coefficient (Wildman–Crippen LogP) is 2.35. The summed E-state index contributed by atoms with van der Waals surface area (Å²) in [5, 5.41) is 16.9. The maximum Gasteiger partial charge on any atom is 0.388 e. The Morgan fingerprint density at radius 1 is 1.50 bits per heavy atom. The largest absolute Gasteiger partial charge is 0.504 e. The molecule has 0 bridgehead atoms. The molecule has 0 N–H and O–H groups in total. The summed E-state index contributed by atoms with van der Waals surface area (Å²) >= 11 is 6.03. The number of nitriles is 1. The summed E-state index contributed by atoms with van der Waals surface area (Å²) in [7, 11) is 2.83. The fourth-order valence-electron chi connectivity index (χ4n) is 1.72. The number of aryl methyl sites for hydroxylation is 1. The SMILES string of the molecule is CO/C=C/c1c(C#N)cnn1-c1nn(C)c(OC(F)F)c1Cl. The molecular formula is C12H10ClF2N5O2. The zero-order valence-electron chi connectivity index (χ0n) is 11.5. The number of aromatic nitrogens is 4. The Morgan fingerprint density at radius 2 is 2.23 bits per heavy atom. The zero-order valence-corrected chi connectivity index (χ0v) is 12.3. The van der Waals surface area contributed by atoms with E-state index in [4.69, 9.17) is 21.6 Å². The molecule has 116 valence electrons. The molecule has 2 aromatic rings. The molecule has 22 heavy (non-hydrogen) atoms. The summed E-state index contributed by atoms with van der Waals surface area (Å²) < 4.78 is 36.2. The molecule has 0 aromatic carbocycles. The topological polar surface area (TPSA) is 77.9 Å². The van der Waals surface area contributed by atoms with Crippen molar-refractivity contribution in [3.63, 3.8) is 0 Å². The molecule has 2 rings (SSSR count). The number of ether oxygens (including phenoxy) is 2. The first kappa shape index (κ1) is 15.8. The number of nitrogens with zero attached hydrogens (tertiary/aromatic N) is 5. The Kier molecular flexibility index (Phi) is 4.62. The monoisotopic (exact) mass is 329 g/mol. The third kappa shape index (κ3) is 2.87. The van der Waals surface area contributed by atoms with E-state index >= 15 is 0 Å². The van der Waals surface area contributed by atoms with Gasteiger partial charge < -0.3 is 9.47 Å². The van der Waals surface area contributed by atoms with Gasteiger partial charge in [-0.25, -0.2) is 9.36 Å². The van der Waals surface area contributed by atoms with Gasteiger partial charge in [0.2, 0.25) is 5.88 Å². The molecule has 0 spiro atoms. The maximum absolute atomic E-state index is 12.4. The van der Waals surface area contributed by atoms with E-state index in [1.165, 1.54) is 37.4 Å². The summed E-state index contributed by atoms with van der Waals surface area (Å²) in [5.41, 5.74) is 0.583. The van der Waals surface area contributed by atoms with Gasteiger partial charge >= 0.3 is 6.61 Å². The number of hydrogen-bond acceptors (Lipinski definition) is 5. The Balaban J connectivity index is 2.56. The van der Waals surface area contributed by atoms with E-state index in [9.17, 15) is 8.78 Å². The van der Waals surface area contributed by atoms with Crippen LogP contribution in [0.25, 0.3) is 11.9 Å². The average Bonchev–Trinajstić information content (AvgIpc) is 3.00. The Morgan fingerprint density at radius 3 is 2.82 bits per heavy atom. The summed E-state index contributed by atoms with van der Waals surface area (Å²) in [5.74, 6) is -0.251. The minimum atomic E-state index is -3.04. The second-order valence-electron chi connectivity index (χ2n) is 3.95. The van der Waals surface area contributed by atoms with Crippen molar-refractivity contribution in [1.29, 1.82) is 5.26 Å². The van der Waals surface area contributed by atoms with Crippen LogP contribution in [0, 0.1) is 11.3 Å². The second-order valence-corrected chi connectivity index (χ2v) is 4.33. The lowest BCUT2D eigenvalue weighted by Crippen LogP contribution is -2.06. The van der Waals surface area contributed by atoms with Gasteiger partial charge in [-0.05, 0) is 6.08 Å². The van der Waals surface area contributed by atoms with Gasteiger partial charge in [0.1, 0.15) is 11.1 Å². The predicted molar refractivity (Wildman–Crippen MR) is 72.7 cm³/mol. The highest BCUT2D eigenvalue weighted by molar-refractivity contribution is 6.33. The Labute approximate surface area is 128 Å². The van der Waals surface area contributed by atoms with Crippen LogP contribution in [0.15, 0.2) is 12.5 Å². The van der Waals surface area contributed by atoms with Gasteiger partial charge in [-0.2, -0.15) is 19.1 Å². The van der Waals surface area contributed by atoms with Crippen molar-refractivity contribution in [1.82, 2.24) is 19.6 Å². The van der Waals surface area contributed by atoms with Gasteiger partial charge in [0.05, 0.1) is 30.8 Å². The molecule has 0 aliphatic rings. The summed E-state index contributed by atoms with van der Waals surface area (Å²) in [6, 6.07) is 1.95. The van der Waals surface area contributed by atoms with Gasteiger partial charge in [-0.15, -0.1) is 5.10 Å². The van der Waals surface area contributed by atoms with E-state index < -0.39 is 6.61 Å². The lowest BCUT2D eigenvalue weighted by atomic mass is 10.2. The third-order valence-corrected chi connectivity index (χ3v) is 2.94. The first-order valence-electron chi connectivity index (χ1n) is 5.84. The third-order valence-electron chi connectivity index (χ3n) is 2.61. The standard InChI is InChI=1S/C12H10ClF2N5O2/c1-19-11(22-12(14)15)9(13)10(18-19)20-8(3-4-21-2)7(5-16)6-17-20/h3-4,6,12H,1-2H3/b4-3+. The normalized spacial score (nSPS) is 11.1. The number of hydrogen-bond donors (Lipinski definition) is 0. The van der Waals surface area contributed by atoms with E-state index in [1.54, 1.807) is 0 Å². The zero-order chi connectivity index (χ0) is 16.3. The van der Waals surface area contributed by atoms with Crippen LogP contribution >= 0.6 is 11.6 Å². The number of rotatable bonds is 5. The highest BCUT2D eigenvalue weighted by Crippen LogP contribution is 2.32. The van der Waals surface area contributed by atoms with E-state index in [0.29, 0.717) is 5.69 Å². The molecule has 0 saturated heterocycles. The highest BCUT2D eigenvalue weighted by Gasteiger charge is 2.23. The second kappa shape index (κ2) is 6.44. The van der Waals surface area contributed by atoms with Crippen LogP contribution in [0.5, 0.6) is 5.88 Å². The summed E-state index contributed by atoms with van der Waals surface area (Å²) in [6.07, 6.45) is 4.11. The van der Waals surface area contributed by atoms with Crippen LogP contribution in [-0.4, -0.2) is 33.3 Å². The smallest absolute Gasteiger partial charge is 0.388 e. The minimum absolute atomic E-state index is 0.0528. The molecule has 0 amide bonds. The van der Waals surface area contributed by atoms with Crippen molar-refractivity contribution in [2.45, 2.75) is 6.61 Å². The van der Waals surface area contributed by atoms with Crippen molar-refractivity contribution in [2.24, 2.45) is 7.05 Å². The molecule has 0 aliphatic carbocycles. The summed E-state index contributed by atoms with van der Waals surface area (Å²) in [6.45, 7) is -3.04. The molecular weight excluding hydrogens is 320 g/mol. The fraction of sp³-hybridized carbons (Fsp3) is 0.250. The van der Waals surface area contributed by atoms with Gasteiger partial charge in [0.25, 0.3) is 0 Å². The fourth-order valence-corrected chi connectivity index (χ4v) is 2.01. The van der Waals surface area contributed by atoms with Crippen molar-refractivity contribution in [3.8, 4) is 17.8 Å². The van der Waals surface area contributed by atoms with Crippen LogP contribution in [0.3, 0.4) is 0 Å². The molecule has 2 heterocycles. The minimum Gasteiger partial charge on any atom is -0.504 e. The van der Waals surface area contributed by atoms with E-state index in [0.717, 1.165) is 4.68 Å². The van der Waals surface area contributed by atoms with Crippen LogP contribution in [-0.2, 0) is 11.8 Å². The molecule has 7 nitrogen and oxygen atoms in total. The molecule has 2 aromatic heterocycles. The molecule has 0 fully saturated rings. The first-order valence-corrected chi connectivity index (χ1v) is 6.22. The number of alkyl halides is 2. The molecule has 0 saturated carbocycles. The lowest BCUT2D eigenvalue weighted by molar-refractivity contribution is -0.0552. The van der Waals surface area contributed by atoms with Crippen LogP contribution < -0.4 is 4.74 Å². The lowest BCUT2D eigenvalue weighted by Gasteiger charge is -2.03. The Hall–Kier alpha value is -2.60. The van der Waals surface area contributed by atoms with Crippen molar-refractivity contribution in [2.75, 3.05) is 7.11 Å². The molecule has 10 heteroatoms. The highest BCUT2D eigenvalue weighted by atomic mass is 35.5. The molecule has 0 atom stereocenters. The Bertz CT molecular complexity index is 748. The molecule has 0 aliphatic heterocycles. The number of methoxy groups -OCH3 is 1. The molecule has 0 radical (unpaired) electrons. The van der Waals surface area contributed by atoms with Gasteiger partial charge in [-0.1, -0.05) is 11.6 Å². The van der Waals surface area contributed by atoms with Gasteiger partial charge in [0, 0.05) is 7.05 Å². The first-order chi connectivity index (χ1) is 10.5. The van der Waals surface area contributed by atoms with Crippen molar-refractivity contribution < 1.29 is 18.3 Å². The van der Waals surface area contributed by atoms with E-state index in [1.807, 2.05) is 6.07 Å². The van der Waals surface area contributed by atoms with Gasteiger partial charge in [-0.3, -0.25) is 0 Å². The summed E-state index contributed by atoms with van der Waals surface area (Å²) in [4.78, 5) is 0. The van der Waals surface area contributed by atoms with Crippen molar-refractivity contribution in [3.05, 3.63) is 28.7 Å². The number of halogens is 3. The van der Waals surface area contributed by atoms with Crippen LogP contribution in [0.2, 0.25) is 5.02 Å².